The Balaban J connectivity index is 1.86. The van der Waals surface area contributed by atoms with Gasteiger partial charge in [-0.1, -0.05) is 26.0 Å². The summed E-state index contributed by atoms with van der Waals surface area (Å²) in [5, 5.41) is 5.60. The highest BCUT2D eigenvalue weighted by Crippen LogP contribution is 2.23. The van der Waals surface area contributed by atoms with E-state index >= 15 is 0 Å². The average molecular weight is 492 g/mol. The zero-order valence-electron chi connectivity index (χ0n) is 19.9. The standard InChI is InChI=1S/C23H33N5O5S/c1-17(2)14-20-23(30)25-9-12-27-11-8-24-22(27)18-6-4-7-19(15-18)33-13-5-10-28(34(3,31)32)16-21(29)26-20/h4,6-8,11,15,17,20H,5,9-10,12-14,16H2,1-3H3,(H,25,30)(H,26,29)/t20-/m1/s1. The largest absolute Gasteiger partial charge is 0.494 e. The number of carbonyl (C=O) groups is 2. The van der Waals surface area contributed by atoms with Crippen LogP contribution in [-0.2, 0) is 26.2 Å². The van der Waals surface area contributed by atoms with Crippen molar-refractivity contribution in [2.45, 2.75) is 39.3 Å². The van der Waals surface area contributed by atoms with Crippen molar-refractivity contribution in [3.63, 3.8) is 0 Å². The number of aromatic nitrogens is 2. The third-order valence-corrected chi connectivity index (χ3v) is 6.68. The molecule has 0 spiro atoms. The Hall–Kier alpha value is -2.92. The van der Waals surface area contributed by atoms with Gasteiger partial charge in [0.15, 0.2) is 0 Å². The summed E-state index contributed by atoms with van der Waals surface area (Å²) in [5.74, 6) is 0.728. The molecule has 2 amide bonds. The number of benzene rings is 1. The van der Waals surface area contributed by atoms with Gasteiger partial charge in [0.1, 0.15) is 17.6 Å². The Morgan fingerprint density at radius 1 is 1.24 bits per heavy atom. The van der Waals surface area contributed by atoms with Crippen LogP contribution in [0.25, 0.3) is 11.4 Å². The van der Waals surface area contributed by atoms with Gasteiger partial charge in [-0.15, -0.1) is 0 Å². The topological polar surface area (TPSA) is 123 Å². The van der Waals surface area contributed by atoms with E-state index in [1.807, 2.05) is 48.9 Å². The normalized spacial score (nSPS) is 19.4. The van der Waals surface area contributed by atoms with E-state index in [-0.39, 0.29) is 31.5 Å². The zero-order chi connectivity index (χ0) is 24.7. The summed E-state index contributed by atoms with van der Waals surface area (Å²) >= 11 is 0. The highest BCUT2D eigenvalue weighted by Gasteiger charge is 2.25. The number of imidazole rings is 1. The van der Waals surface area contributed by atoms with Crippen LogP contribution in [0.2, 0.25) is 0 Å². The maximum absolute atomic E-state index is 12.9. The quantitative estimate of drug-likeness (QED) is 0.666. The van der Waals surface area contributed by atoms with E-state index in [0.717, 1.165) is 21.9 Å². The molecule has 1 aliphatic rings. The van der Waals surface area contributed by atoms with Crippen molar-refractivity contribution >= 4 is 21.8 Å². The second-order valence-electron chi connectivity index (χ2n) is 8.81. The molecule has 2 heterocycles. The van der Waals surface area contributed by atoms with Gasteiger partial charge in [0.2, 0.25) is 21.8 Å². The number of amides is 2. The van der Waals surface area contributed by atoms with Gasteiger partial charge in [0, 0.05) is 37.6 Å². The third kappa shape index (κ3) is 7.29. The lowest BCUT2D eigenvalue weighted by molar-refractivity contribution is -0.129. The van der Waals surface area contributed by atoms with Crippen LogP contribution in [0.1, 0.15) is 26.7 Å². The lowest BCUT2D eigenvalue weighted by Crippen LogP contribution is -2.51. The molecule has 0 fully saturated rings. The second-order valence-corrected chi connectivity index (χ2v) is 10.8. The highest BCUT2D eigenvalue weighted by atomic mass is 32.2. The molecule has 1 aromatic heterocycles. The van der Waals surface area contributed by atoms with Crippen LogP contribution >= 0.6 is 0 Å². The molecule has 0 saturated carbocycles. The average Bonchev–Trinajstić information content (AvgIpc) is 3.22. The summed E-state index contributed by atoms with van der Waals surface area (Å²) in [4.78, 5) is 30.0. The van der Waals surface area contributed by atoms with Gasteiger partial charge in [-0.25, -0.2) is 13.4 Å². The summed E-state index contributed by atoms with van der Waals surface area (Å²) in [6.45, 7) is 4.81. The molecule has 10 nitrogen and oxygen atoms in total. The number of ether oxygens (including phenoxy) is 1. The Kier molecular flexibility index (Phi) is 8.67. The van der Waals surface area contributed by atoms with Crippen molar-refractivity contribution in [3.8, 4) is 17.1 Å². The first-order chi connectivity index (χ1) is 16.1. The Morgan fingerprint density at radius 2 is 2.03 bits per heavy atom. The zero-order valence-corrected chi connectivity index (χ0v) is 20.7. The highest BCUT2D eigenvalue weighted by molar-refractivity contribution is 7.88. The summed E-state index contributed by atoms with van der Waals surface area (Å²) in [5.41, 5.74) is 0.873. The summed E-state index contributed by atoms with van der Waals surface area (Å²) in [6.07, 6.45) is 5.45. The number of hydrogen-bond donors (Lipinski definition) is 2. The van der Waals surface area contributed by atoms with Gasteiger partial charge in [0.05, 0.1) is 19.4 Å². The molecule has 2 aromatic rings. The first-order valence-electron chi connectivity index (χ1n) is 11.4. The molecule has 1 atom stereocenters. The lowest BCUT2D eigenvalue weighted by atomic mass is 10.0. The van der Waals surface area contributed by atoms with Gasteiger partial charge in [-0.3, -0.25) is 9.59 Å². The van der Waals surface area contributed by atoms with Crippen molar-refractivity contribution in [3.05, 3.63) is 36.7 Å². The first kappa shape index (κ1) is 25.7. The molecule has 0 unspecified atom stereocenters. The molecule has 2 N–H and O–H groups in total. The summed E-state index contributed by atoms with van der Waals surface area (Å²) < 4.78 is 33.3. The number of carbonyl (C=O) groups excluding carboxylic acids is 2. The van der Waals surface area contributed by atoms with Crippen LogP contribution in [0.15, 0.2) is 36.7 Å². The fourth-order valence-electron chi connectivity index (χ4n) is 3.79. The van der Waals surface area contributed by atoms with E-state index in [9.17, 15) is 18.0 Å². The fraction of sp³-hybridized carbons (Fsp3) is 0.522. The van der Waals surface area contributed by atoms with E-state index in [1.165, 1.54) is 0 Å². The van der Waals surface area contributed by atoms with E-state index < -0.39 is 22.0 Å². The molecule has 0 saturated heterocycles. The first-order valence-corrected chi connectivity index (χ1v) is 13.2. The van der Waals surface area contributed by atoms with Crippen LogP contribution in [0.3, 0.4) is 0 Å². The lowest BCUT2D eigenvalue weighted by Gasteiger charge is -2.23. The minimum absolute atomic E-state index is 0.122. The Bertz CT molecular complexity index is 1100. The van der Waals surface area contributed by atoms with Gasteiger partial charge < -0.3 is 19.9 Å². The molecule has 3 rings (SSSR count). The summed E-state index contributed by atoms with van der Waals surface area (Å²) in [6, 6.07) is 6.75. The molecule has 1 aliphatic heterocycles. The molecule has 0 radical (unpaired) electrons. The third-order valence-electron chi connectivity index (χ3n) is 5.43. The maximum Gasteiger partial charge on any atom is 0.242 e. The van der Waals surface area contributed by atoms with E-state index in [2.05, 4.69) is 15.6 Å². The minimum Gasteiger partial charge on any atom is -0.494 e. The van der Waals surface area contributed by atoms with Gasteiger partial charge in [-0.05, 0) is 30.9 Å². The molecule has 0 aliphatic carbocycles. The number of nitrogens with zero attached hydrogens (tertiary/aromatic N) is 3. The van der Waals surface area contributed by atoms with Crippen LogP contribution in [0, 0.1) is 5.92 Å². The number of fused-ring (bicyclic) bond motifs is 4. The van der Waals surface area contributed by atoms with Crippen LogP contribution < -0.4 is 15.4 Å². The predicted octanol–water partition coefficient (Wildman–Crippen LogP) is 1.24. The monoisotopic (exact) mass is 491 g/mol. The summed E-state index contributed by atoms with van der Waals surface area (Å²) in [7, 11) is -3.62. The van der Waals surface area contributed by atoms with Gasteiger partial charge >= 0.3 is 0 Å². The van der Waals surface area contributed by atoms with E-state index in [0.29, 0.717) is 31.7 Å². The van der Waals surface area contributed by atoms with Crippen molar-refractivity contribution in [1.29, 1.82) is 0 Å². The minimum atomic E-state index is -3.62. The molecular formula is C23H33N5O5S. The van der Waals surface area contributed by atoms with Gasteiger partial charge in [-0.2, -0.15) is 4.31 Å². The van der Waals surface area contributed by atoms with Crippen molar-refractivity contribution < 1.29 is 22.7 Å². The molecule has 2 bridgehead atoms. The fourth-order valence-corrected chi connectivity index (χ4v) is 4.61. The van der Waals surface area contributed by atoms with Crippen LogP contribution in [0.4, 0.5) is 0 Å². The van der Waals surface area contributed by atoms with Crippen molar-refractivity contribution in [2.75, 3.05) is 32.5 Å². The molecule has 34 heavy (non-hydrogen) atoms. The Morgan fingerprint density at radius 3 is 2.76 bits per heavy atom. The van der Waals surface area contributed by atoms with Crippen molar-refractivity contribution in [2.24, 2.45) is 5.92 Å². The SMILES string of the molecule is CC(C)C[C@H]1NC(=O)CN(S(C)(=O)=O)CCCOc2cccc(c2)-c2nccn2CCNC1=O. The number of sulfonamides is 1. The second kappa shape index (κ2) is 11.5. The number of nitrogens with one attached hydrogen (secondary N) is 2. The van der Waals surface area contributed by atoms with Crippen LogP contribution in [0.5, 0.6) is 5.75 Å². The van der Waals surface area contributed by atoms with E-state index in [4.69, 9.17) is 4.74 Å². The Labute approximate surface area is 200 Å². The molecule has 1 aromatic carbocycles. The smallest absolute Gasteiger partial charge is 0.242 e. The molecule has 11 heteroatoms. The van der Waals surface area contributed by atoms with Gasteiger partial charge in [0.25, 0.3) is 0 Å². The maximum atomic E-state index is 12.9. The van der Waals surface area contributed by atoms with E-state index in [1.54, 1.807) is 6.20 Å². The molecular weight excluding hydrogens is 458 g/mol. The number of hydrogen-bond acceptors (Lipinski definition) is 6. The molecule has 186 valence electrons. The number of rotatable bonds is 3. The predicted molar refractivity (Wildman–Crippen MR) is 129 cm³/mol. The van der Waals surface area contributed by atoms with Crippen molar-refractivity contribution in [1.82, 2.24) is 24.5 Å². The van der Waals surface area contributed by atoms with Crippen LogP contribution in [-0.4, -0.2) is 72.6 Å².